The number of rotatable bonds is 4. The summed E-state index contributed by atoms with van der Waals surface area (Å²) in [5.41, 5.74) is 6.31. The summed E-state index contributed by atoms with van der Waals surface area (Å²) in [6.07, 6.45) is 5.96. The highest BCUT2D eigenvalue weighted by Gasteiger charge is 2.26. The number of Topliss-reactive ketones (excluding diaryl/α,β-unsaturated/α-hetero) is 1. The number of allylic oxidation sites excluding steroid dienone is 2. The van der Waals surface area contributed by atoms with Crippen LogP contribution in [0.3, 0.4) is 0 Å². The Morgan fingerprint density at radius 3 is 1.71 bits per heavy atom. The lowest BCUT2D eigenvalue weighted by Gasteiger charge is -2.23. The topological polar surface area (TPSA) is 23.6 Å². The third-order valence-corrected chi connectivity index (χ3v) is 5.41. The van der Waals surface area contributed by atoms with Gasteiger partial charge in [-0.05, 0) is 66.3 Å². The second-order valence-corrected chi connectivity index (χ2v) is 8.01. The molecule has 0 heterocycles. The second-order valence-electron chi connectivity index (χ2n) is 8.01. The fourth-order valence-electron chi connectivity index (χ4n) is 3.51. The van der Waals surface area contributed by atoms with E-state index in [1.54, 1.807) is 0 Å². The van der Waals surface area contributed by atoms with Crippen LogP contribution in [0.15, 0.2) is 59.7 Å². The van der Waals surface area contributed by atoms with E-state index in [4.69, 9.17) is 0 Å². The quantitative estimate of drug-likeness (QED) is 0.680. The highest BCUT2D eigenvalue weighted by atomic mass is 16.1. The van der Waals surface area contributed by atoms with Gasteiger partial charge in [0.1, 0.15) is 0 Å². The van der Waals surface area contributed by atoms with Crippen molar-refractivity contribution in [3.63, 3.8) is 0 Å². The van der Waals surface area contributed by atoms with Crippen LogP contribution in [0.5, 0.6) is 0 Å². The van der Waals surface area contributed by atoms with E-state index in [0.717, 1.165) is 46.5 Å². The number of hydrogen-bond acceptors (Lipinski definition) is 3. The normalized spacial score (nSPS) is 19.9. The summed E-state index contributed by atoms with van der Waals surface area (Å²) >= 11 is 0. The summed E-state index contributed by atoms with van der Waals surface area (Å²) in [7, 11) is 8.12. The molecule has 0 saturated heterocycles. The highest BCUT2D eigenvalue weighted by Crippen LogP contribution is 2.33. The Morgan fingerprint density at radius 2 is 1.25 bits per heavy atom. The molecule has 1 aliphatic carbocycles. The average molecular weight is 375 g/mol. The number of carbonyl (C=O) groups is 1. The number of nitrogens with zero attached hydrogens (tertiary/aromatic N) is 2. The number of anilines is 2. The zero-order valence-corrected chi connectivity index (χ0v) is 17.6. The number of carbonyl (C=O) groups excluding carboxylic acids is 1. The first-order valence-corrected chi connectivity index (χ1v) is 9.87. The van der Waals surface area contributed by atoms with Gasteiger partial charge in [-0.15, -0.1) is 0 Å². The number of ketones is 1. The third kappa shape index (κ3) is 4.53. The first-order chi connectivity index (χ1) is 13.3. The Labute approximate surface area is 169 Å². The molecule has 28 heavy (non-hydrogen) atoms. The Morgan fingerprint density at radius 1 is 0.786 bits per heavy atom. The van der Waals surface area contributed by atoms with Crippen molar-refractivity contribution in [2.75, 3.05) is 38.0 Å². The van der Waals surface area contributed by atoms with E-state index in [1.165, 1.54) is 0 Å². The Hall–Kier alpha value is -2.81. The van der Waals surface area contributed by atoms with Crippen molar-refractivity contribution in [2.45, 2.75) is 19.8 Å². The summed E-state index contributed by atoms with van der Waals surface area (Å²) < 4.78 is 0. The maximum absolute atomic E-state index is 13.1. The first-order valence-electron chi connectivity index (χ1n) is 9.87. The molecule has 2 aromatic rings. The lowest BCUT2D eigenvalue weighted by Crippen LogP contribution is -2.19. The van der Waals surface area contributed by atoms with Crippen molar-refractivity contribution in [3.8, 4) is 0 Å². The minimum atomic E-state index is 0.187. The first kappa shape index (κ1) is 19.9. The maximum atomic E-state index is 13.1. The fraction of sp³-hybridized carbons (Fsp3) is 0.320. The van der Waals surface area contributed by atoms with Gasteiger partial charge in [-0.2, -0.15) is 0 Å². The van der Waals surface area contributed by atoms with Crippen LogP contribution < -0.4 is 9.80 Å². The van der Waals surface area contributed by atoms with Gasteiger partial charge in [-0.25, -0.2) is 0 Å². The van der Waals surface area contributed by atoms with E-state index >= 15 is 0 Å². The summed E-state index contributed by atoms with van der Waals surface area (Å²) in [6, 6.07) is 16.7. The molecule has 1 saturated carbocycles. The molecule has 0 N–H and O–H groups in total. The van der Waals surface area contributed by atoms with Crippen molar-refractivity contribution >= 4 is 29.3 Å². The molecular formula is C25H30N2O. The molecule has 3 heteroatoms. The van der Waals surface area contributed by atoms with Gasteiger partial charge in [0.15, 0.2) is 5.78 Å². The van der Waals surface area contributed by atoms with Crippen molar-refractivity contribution in [2.24, 2.45) is 5.92 Å². The Bertz CT molecular complexity index is 887. The van der Waals surface area contributed by atoms with Crippen LogP contribution in [-0.4, -0.2) is 34.0 Å². The van der Waals surface area contributed by atoms with Crippen molar-refractivity contribution < 1.29 is 4.79 Å². The largest absolute Gasteiger partial charge is 0.378 e. The molecule has 2 aromatic carbocycles. The summed E-state index contributed by atoms with van der Waals surface area (Å²) in [6.45, 7) is 2.15. The maximum Gasteiger partial charge on any atom is 0.185 e. The van der Waals surface area contributed by atoms with Gasteiger partial charge in [0.25, 0.3) is 0 Å². The van der Waals surface area contributed by atoms with Gasteiger partial charge in [0.2, 0.25) is 0 Å². The SMILES string of the molecule is CC1CC/C(=C\c2ccc(N(C)C)cc2)C(=O)/C1=C/c1ccc(N(C)C)cc1. The Balaban J connectivity index is 1.85. The fourth-order valence-corrected chi connectivity index (χ4v) is 3.51. The van der Waals surface area contributed by atoms with Crippen molar-refractivity contribution in [1.29, 1.82) is 0 Å². The van der Waals surface area contributed by atoms with Gasteiger partial charge in [0.05, 0.1) is 0 Å². The van der Waals surface area contributed by atoms with Crippen molar-refractivity contribution in [1.82, 2.24) is 0 Å². The lowest BCUT2D eigenvalue weighted by atomic mass is 9.80. The molecule has 1 fully saturated rings. The van der Waals surface area contributed by atoms with E-state index < -0.39 is 0 Å². The van der Waals surface area contributed by atoms with Crippen LogP contribution in [-0.2, 0) is 4.79 Å². The minimum Gasteiger partial charge on any atom is -0.378 e. The van der Waals surface area contributed by atoms with Crippen LogP contribution in [0.4, 0.5) is 11.4 Å². The van der Waals surface area contributed by atoms with Gasteiger partial charge >= 0.3 is 0 Å². The summed E-state index contributed by atoms with van der Waals surface area (Å²) in [5.74, 6) is 0.474. The highest BCUT2D eigenvalue weighted by molar-refractivity contribution is 6.14. The van der Waals surface area contributed by atoms with E-state index in [2.05, 4.69) is 77.4 Å². The molecule has 146 valence electrons. The predicted molar refractivity (Wildman–Crippen MR) is 121 cm³/mol. The van der Waals surface area contributed by atoms with Gasteiger partial charge < -0.3 is 9.80 Å². The molecule has 0 spiro atoms. The summed E-state index contributed by atoms with van der Waals surface area (Å²) in [5, 5.41) is 0. The molecular weight excluding hydrogens is 344 g/mol. The second kappa shape index (κ2) is 8.47. The van der Waals surface area contributed by atoms with Gasteiger partial charge in [0, 0.05) is 50.7 Å². The molecule has 3 nitrogen and oxygen atoms in total. The van der Waals surface area contributed by atoms with Crippen molar-refractivity contribution in [3.05, 3.63) is 70.8 Å². The predicted octanol–water partition coefficient (Wildman–Crippen LogP) is 5.28. The Kier molecular flexibility index (Phi) is 6.03. The standard InChI is InChI=1S/C25H30N2O/c1-18-6-11-21(16-19-7-12-22(13-8-19)26(2)3)25(28)24(18)17-20-9-14-23(15-10-20)27(4)5/h7-10,12-18H,6,11H2,1-5H3/b21-16+,24-17+. The van der Waals surface area contributed by atoms with E-state index in [-0.39, 0.29) is 11.7 Å². The molecule has 1 atom stereocenters. The molecule has 3 rings (SSSR count). The van der Waals surface area contributed by atoms with Crippen LogP contribution >= 0.6 is 0 Å². The van der Waals surface area contributed by atoms with Crippen LogP contribution in [0.1, 0.15) is 30.9 Å². The molecule has 0 radical (unpaired) electrons. The molecule has 0 bridgehead atoms. The van der Waals surface area contributed by atoms with E-state index in [1.807, 2.05) is 28.2 Å². The summed E-state index contributed by atoms with van der Waals surface area (Å²) in [4.78, 5) is 17.3. The van der Waals surface area contributed by atoms with E-state index in [0.29, 0.717) is 0 Å². The molecule has 0 aromatic heterocycles. The van der Waals surface area contributed by atoms with Gasteiger partial charge in [-0.1, -0.05) is 31.2 Å². The van der Waals surface area contributed by atoms with Gasteiger partial charge in [-0.3, -0.25) is 4.79 Å². The van der Waals surface area contributed by atoms with E-state index in [9.17, 15) is 4.79 Å². The molecule has 0 aliphatic heterocycles. The molecule has 1 unspecified atom stereocenters. The molecule has 0 amide bonds. The van der Waals surface area contributed by atoms with Crippen LogP contribution in [0.2, 0.25) is 0 Å². The smallest absolute Gasteiger partial charge is 0.185 e. The third-order valence-electron chi connectivity index (χ3n) is 5.41. The zero-order chi connectivity index (χ0) is 20.3. The van der Waals surface area contributed by atoms with Crippen LogP contribution in [0.25, 0.3) is 12.2 Å². The monoisotopic (exact) mass is 374 g/mol. The lowest BCUT2D eigenvalue weighted by molar-refractivity contribution is -0.113. The van der Waals surface area contributed by atoms with Crippen LogP contribution in [0, 0.1) is 5.92 Å². The number of hydrogen-bond donors (Lipinski definition) is 0. The average Bonchev–Trinajstić information content (AvgIpc) is 2.68. The number of benzene rings is 2. The minimum absolute atomic E-state index is 0.187. The molecule has 1 aliphatic rings. The zero-order valence-electron chi connectivity index (χ0n) is 17.6.